The highest BCUT2D eigenvalue weighted by Crippen LogP contribution is 2.42. The van der Waals surface area contributed by atoms with Gasteiger partial charge in [0.25, 0.3) is 0 Å². The quantitative estimate of drug-likeness (QED) is 0.376. The molecule has 0 heterocycles. The standard InChI is InChI=1S/C30H34O8/c1-17(31)35-27-11-13-29(37-19(3)33)25-15-21(7-9-23(25)27)5-6-22-8-10-24-26(16-22)30(38-20(4)34)14-12-28(24)36-18(2)32/h5-10,15-16,23,25,27-30H,11-14H2,1-4H3/b6-5+. The number of carbonyl (C=O) groups is 4. The molecule has 8 nitrogen and oxygen atoms in total. The van der Waals surface area contributed by atoms with Crippen LogP contribution in [0.5, 0.6) is 0 Å². The number of hydrogen-bond donors (Lipinski definition) is 0. The summed E-state index contributed by atoms with van der Waals surface area (Å²) < 4.78 is 22.2. The normalized spacial score (nSPS) is 27.9. The highest BCUT2D eigenvalue weighted by molar-refractivity contribution is 5.68. The molecule has 0 aliphatic heterocycles. The number of fused-ring (bicyclic) bond motifs is 2. The monoisotopic (exact) mass is 522 g/mol. The van der Waals surface area contributed by atoms with Crippen molar-refractivity contribution < 1.29 is 38.1 Å². The molecule has 3 aliphatic rings. The fourth-order valence-corrected chi connectivity index (χ4v) is 5.71. The number of esters is 4. The molecule has 38 heavy (non-hydrogen) atoms. The Kier molecular flexibility index (Phi) is 8.49. The zero-order valence-corrected chi connectivity index (χ0v) is 22.2. The molecule has 8 heteroatoms. The van der Waals surface area contributed by atoms with E-state index in [0.717, 1.165) is 22.3 Å². The van der Waals surface area contributed by atoms with Gasteiger partial charge in [0.2, 0.25) is 0 Å². The molecule has 0 saturated heterocycles. The zero-order chi connectivity index (χ0) is 27.4. The number of allylic oxidation sites excluding steroid dienone is 3. The average molecular weight is 523 g/mol. The SMILES string of the molecule is CC(=O)OC1CCC(OC(C)=O)c2cc(/C=C/C3=CC4C(OC(C)=O)CCC(OC(C)=O)C4C=C3)ccc21. The van der Waals surface area contributed by atoms with Crippen molar-refractivity contribution >= 4 is 30.0 Å². The summed E-state index contributed by atoms with van der Waals surface area (Å²) in [5.74, 6) is -1.54. The molecule has 4 rings (SSSR count). The van der Waals surface area contributed by atoms with Crippen molar-refractivity contribution in [2.75, 3.05) is 0 Å². The van der Waals surface area contributed by atoms with Gasteiger partial charge >= 0.3 is 23.9 Å². The summed E-state index contributed by atoms with van der Waals surface area (Å²) in [6, 6.07) is 5.82. The van der Waals surface area contributed by atoms with E-state index in [2.05, 4.69) is 6.08 Å². The Morgan fingerprint density at radius 2 is 1.24 bits per heavy atom. The van der Waals surface area contributed by atoms with Gasteiger partial charge < -0.3 is 18.9 Å². The van der Waals surface area contributed by atoms with Gasteiger partial charge in [0.15, 0.2) is 0 Å². The van der Waals surface area contributed by atoms with Crippen molar-refractivity contribution in [3.05, 3.63) is 64.8 Å². The minimum atomic E-state index is -0.401. The lowest BCUT2D eigenvalue weighted by Crippen LogP contribution is -2.43. The van der Waals surface area contributed by atoms with Crippen molar-refractivity contribution in [2.45, 2.75) is 77.8 Å². The molecule has 1 saturated carbocycles. The highest BCUT2D eigenvalue weighted by atomic mass is 16.6. The molecule has 1 aromatic rings. The van der Waals surface area contributed by atoms with Crippen molar-refractivity contribution in [1.29, 1.82) is 0 Å². The Hall–Kier alpha value is -3.68. The molecule has 3 aliphatic carbocycles. The molecule has 6 atom stereocenters. The first-order chi connectivity index (χ1) is 18.1. The smallest absolute Gasteiger partial charge is 0.303 e. The van der Waals surface area contributed by atoms with E-state index in [-0.39, 0.29) is 54.0 Å². The summed E-state index contributed by atoms with van der Waals surface area (Å²) in [6.45, 7) is 5.58. The van der Waals surface area contributed by atoms with Crippen LogP contribution in [0.1, 0.15) is 82.3 Å². The van der Waals surface area contributed by atoms with Crippen LogP contribution in [0.3, 0.4) is 0 Å². The van der Waals surface area contributed by atoms with Crippen LogP contribution >= 0.6 is 0 Å². The van der Waals surface area contributed by atoms with E-state index in [1.807, 2.05) is 42.5 Å². The molecule has 1 aromatic carbocycles. The first-order valence-electron chi connectivity index (χ1n) is 13.0. The van der Waals surface area contributed by atoms with Crippen LogP contribution in [0, 0.1) is 11.8 Å². The maximum absolute atomic E-state index is 11.7. The molecule has 0 N–H and O–H groups in total. The molecule has 202 valence electrons. The summed E-state index contributed by atoms with van der Waals surface area (Å²) in [4.78, 5) is 46.6. The topological polar surface area (TPSA) is 105 Å². The van der Waals surface area contributed by atoms with Crippen molar-refractivity contribution in [3.63, 3.8) is 0 Å². The lowest BCUT2D eigenvalue weighted by Gasteiger charge is -2.40. The van der Waals surface area contributed by atoms with E-state index in [1.54, 1.807) is 0 Å². The molecule has 1 fully saturated rings. The van der Waals surface area contributed by atoms with Crippen LogP contribution in [-0.2, 0) is 38.1 Å². The van der Waals surface area contributed by atoms with Crippen LogP contribution in [0.15, 0.2) is 48.1 Å². The van der Waals surface area contributed by atoms with Crippen LogP contribution < -0.4 is 0 Å². The third-order valence-electron chi connectivity index (χ3n) is 7.15. The second-order valence-electron chi connectivity index (χ2n) is 10.0. The van der Waals surface area contributed by atoms with Crippen molar-refractivity contribution in [3.8, 4) is 0 Å². The zero-order valence-electron chi connectivity index (χ0n) is 22.2. The van der Waals surface area contributed by atoms with E-state index in [0.29, 0.717) is 25.7 Å². The number of hydrogen-bond acceptors (Lipinski definition) is 8. The van der Waals surface area contributed by atoms with Gasteiger partial charge in [-0.3, -0.25) is 19.2 Å². The van der Waals surface area contributed by atoms with E-state index >= 15 is 0 Å². The number of rotatable bonds is 6. The van der Waals surface area contributed by atoms with Gasteiger partial charge in [-0.15, -0.1) is 0 Å². The summed E-state index contributed by atoms with van der Waals surface area (Å²) in [7, 11) is 0. The van der Waals surface area contributed by atoms with Crippen molar-refractivity contribution in [2.24, 2.45) is 11.8 Å². The van der Waals surface area contributed by atoms with E-state index < -0.39 is 6.10 Å². The van der Waals surface area contributed by atoms with E-state index in [9.17, 15) is 19.2 Å². The van der Waals surface area contributed by atoms with Gasteiger partial charge in [-0.2, -0.15) is 0 Å². The molecular formula is C30H34O8. The minimum Gasteiger partial charge on any atom is -0.462 e. The van der Waals surface area contributed by atoms with Crippen LogP contribution in [0.2, 0.25) is 0 Å². The largest absolute Gasteiger partial charge is 0.462 e. The molecular weight excluding hydrogens is 488 g/mol. The van der Waals surface area contributed by atoms with Gasteiger partial charge in [-0.1, -0.05) is 42.5 Å². The predicted octanol–water partition coefficient (Wildman–Crippen LogP) is 5.09. The fourth-order valence-electron chi connectivity index (χ4n) is 5.71. The Bertz CT molecular complexity index is 1190. The molecule has 0 bridgehead atoms. The maximum atomic E-state index is 11.7. The molecule has 6 unspecified atom stereocenters. The third kappa shape index (κ3) is 6.60. The van der Waals surface area contributed by atoms with E-state index in [1.165, 1.54) is 27.7 Å². The third-order valence-corrected chi connectivity index (χ3v) is 7.15. The molecule has 0 amide bonds. The van der Waals surface area contributed by atoms with Crippen LogP contribution in [0.4, 0.5) is 0 Å². The second-order valence-corrected chi connectivity index (χ2v) is 10.0. The first kappa shape index (κ1) is 27.4. The Morgan fingerprint density at radius 3 is 1.82 bits per heavy atom. The Balaban J connectivity index is 1.58. The summed E-state index contributed by atoms with van der Waals surface area (Å²) in [5.41, 5.74) is 3.52. The number of benzene rings is 1. The lowest BCUT2D eigenvalue weighted by molar-refractivity contribution is -0.161. The molecule has 0 spiro atoms. The summed E-state index contributed by atoms with van der Waals surface area (Å²) in [5, 5.41) is 0. The molecule has 0 radical (unpaired) electrons. The minimum absolute atomic E-state index is 0.0689. The predicted molar refractivity (Wildman–Crippen MR) is 138 cm³/mol. The second kappa shape index (κ2) is 11.8. The average Bonchev–Trinajstić information content (AvgIpc) is 2.84. The Labute approximate surface area is 222 Å². The first-order valence-corrected chi connectivity index (χ1v) is 13.0. The lowest BCUT2D eigenvalue weighted by atomic mass is 9.72. The van der Waals surface area contributed by atoms with Crippen molar-refractivity contribution in [1.82, 2.24) is 0 Å². The highest BCUT2D eigenvalue weighted by Gasteiger charge is 2.41. The van der Waals surface area contributed by atoms with Crippen LogP contribution in [0.25, 0.3) is 6.08 Å². The summed E-state index contributed by atoms with van der Waals surface area (Å²) in [6.07, 6.45) is 11.1. The maximum Gasteiger partial charge on any atom is 0.303 e. The number of carbonyl (C=O) groups excluding carboxylic acids is 4. The van der Waals surface area contributed by atoms with E-state index in [4.69, 9.17) is 18.9 Å². The van der Waals surface area contributed by atoms with Gasteiger partial charge in [0.1, 0.15) is 24.4 Å². The van der Waals surface area contributed by atoms with Gasteiger partial charge in [-0.05, 0) is 54.0 Å². The van der Waals surface area contributed by atoms with Crippen LogP contribution in [-0.4, -0.2) is 36.1 Å². The summed E-state index contributed by atoms with van der Waals surface area (Å²) >= 11 is 0. The van der Waals surface area contributed by atoms with Gasteiger partial charge in [0.05, 0.1) is 0 Å². The van der Waals surface area contributed by atoms with Gasteiger partial charge in [-0.25, -0.2) is 0 Å². The fraction of sp³-hybridized carbons (Fsp3) is 0.467. The number of ether oxygens (including phenoxy) is 4. The Morgan fingerprint density at radius 1 is 0.684 bits per heavy atom. The molecule has 0 aromatic heterocycles. The van der Waals surface area contributed by atoms with Gasteiger partial charge in [0, 0.05) is 39.5 Å².